The maximum absolute atomic E-state index is 12.5. The lowest BCUT2D eigenvalue weighted by molar-refractivity contribution is -0.123. The van der Waals surface area contributed by atoms with Gasteiger partial charge >= 0.3 is 0 Å². The van der Waals surface area contributed by atoms with Crippen molar-refractivity contribution in [1.29, 1.82) is 0 Å². The number of benzene rings is 2. The van der Waals surface area contributed by atoms with Gasteiger partial charge in [-0.2, -0.15) is 5.01 Å². The van der Waals surface area contributed by atoms with Crippen molar-refractivity contribution in [3.8, 4) is 0 Å². The molecular formula is C18H12N2O3S2. The average Bonchev–Trinajstić information content (AvgIpc) is 2.90. The minimum Gasteiger partial charge on any atom is -0.298 e. The maximum Gasteiger partial charge on any atom is 0.285 e. The van der Waals surface area contributed by atoms with Gasteiger partial charge in [0.1, 0.15) is 6.29 Å². The Bertz CT molecular complexity index is 877. The highest BCUT2D eigenvalue weighted by Gasteiger charge is 2.33. The summed E-state index contributed by atoms with van der Waals surface area (Å²) in [6, 6.07) is 15.4. The summed E-state index contributed by atoms with van der Waals surface area (Å²) in [5.41, 5.74) is 4.28. The molecule has 0 radical (unpaired) electrons. The molecule has 0 spiro atoms. The van der Waals surface area contributed by atoms with E-state index in [9.17, 15) is 14.4 Å². The molecule has 3 rings (SSSR count). The third-order valence-corrected chi connectivity index (χ3v) is 4.72. The first-order valence-electron chi connectivity index (χ1n) is 7.28. The zero-order chi connectivity index (χ0) is 17.8. The van der Waals surface area contributed by atoms with E-state index in [0.717, 1.165) is 28.6 Å². The quantitative estimate of drug-likeness (QED) is 0.510. The fourth-order valence-corrected chi connectivity index (χ4v) is 3.32. The molecule has 7 heteroatoms. The van der Waals surface area contributed by atoms with E-state index in [4.69, 9.17) is 12.2 Å². The second-order valence-electron chi connectivity index (χ2n) is 5.11. The van der Waals surface area contributed by atoms with Gasteiger partial charge in [-0.25, -0.2) is 0 Å². The van der Waals surface area contributed by atoms with E-state index in [2.05, 4.69) is 5.43 Å². The number of hydrogen-bond donors (Lipinski definition) is 1. The van der Waals surface area contributed by atoms with E-state index in [1.807, 2.05) is 0 Å². The molecule has 0 aliphatic carbocycles. The molecule has 0 atom stereocenters. The monoisotopic (exact) mass is 368 g/mol. The minimum atomic E-state index is -0.409. The Morgan fingerprint density at radius 2 is 1.68 bits per heavy atom. The SMILES string of the molecule is O=Cc1ccc(/C=C2/SC(=S)N(NC(=O)c3ccccc3)C2=O)cc1. The van der Waals surface area contributed by atoms with Gasteiger partial charge in [-0.05, 0) is 36.0 Å². The predicted octanol–water partition coefficient (Wildman–Crippen LogP) is 3.05. The van der Waals surface area contributed by atoms with Crippen molar-refractivity contribution in [3.63, 3.8) is 0 Å². The van der Waals surface area contributed by atoms with Crippen molar-refractivity contribution in [2.45, 2.75) is 0 Å². The van der Waals surface area contributed by atoms with Crippen LogP contribution in [0, 0.1) is 0 Å². The van der Waals surface area contributed by atoms with Crippen molar-refractivity contribution in [2.24, 2.45) is 0 Å². The number of thiocarbonyl (C=S) groups is 1. The molecule has 1 N–H and O–H groups in total. The van der Waals surface area contributed by atoms with Gasteiger partial charge in [-0.15, -0.1) is 0 Å². The standard InChI is InChI=1S/C18H12N2O3S2/c21-11-13-8-6-12(7-9-13)10-15-17(23)20(18(24)25-15)19-16(22)14-4-2-1-3-5-14/h1-11H,(H,19,22)/b15-10+. The highest BCUT2D eigenvalue weighted by Crippen LogP contribution is 2.31. The number of hydrogen-bond acceptors (Lipinski definition) is 5. The molecule has 1 heterocycles. The number of amides is 2. The Morgan fingerprint density at radius 1 is 1.04 bits per heavy atom. The Morgan fingerprint density at radius 3 is 2.32 bits per heavy atom. The summed E-state index contributed by atoms with van der Waals surface area (Å²) < 4.78 is 0.255. The largest absolute Gasteiger partial charge is 0.298 e. The van der Waals surface area contributed by atoms with Crippen LogP contribution in [0.15, 0.2) is 59.5 Å². The molecule has 0 aromatic heterocycles. The summed E-state index contributed by atoms with van der Waals surface area (Å²) in [4.78, 5) is 35.8. The molecule has 0 saturated carbocycles. The van der Waals surface area contributed by atoms with Crippen molar-refractivity contribution < 1.29 is 14.4 Å². The summed E-state index contributed by atoms with van der Waals surface area (Å²) in [6.07, 6.45) is 2.42. The van der Waals surface area contributed by atoms with Crippen LogP contribution in [0.4, 0.5) is 0 Å². The first-order chi connectivity index (χ1) is 12.1. The summed E-state index contributed by atoms with van der Waals surface area (Å²) in [5, 5.41) is 1.07. The predicted molar refractivity (Wildman–Crippen MR) is 101 cm³/mol. The summed E-state index contributed by atoms with van der Waals surface area (Å²) >= 11 is 6.29. The van der Waals surface area contributed by atoms with Gasteiger partial charge < -0.3 is 0 Å². The molecular weight excluding hydrogens is 356 g/mol. The number of hydrazine groups is 1. The van der Waals surface area contributed by atoms with E-state index >= 15 is 0 Å². The Hall–Kier alpha value is -2.77. The fraction of sp³-hybridized carbons (Fsp3) is 0. The second kappa shape index (κ2) is 7.42. The van der Waals surface area contributed by atoms with E-state index in [-0.39, 0.29) is 4.32 Å². The van der Waals surface area contributed by atoms with Crippen LogP contribution in [-0.4, -0.2) is 27.4 Å². The molecule has 2 aromatic carbocycles. The molecule has 1 aliphatic heterocycles. The van der Waals surface area contributed by atoms with E-state index in [1.54, 1.807) is 60.7 Å². The smallest absolute Gasteiger partial charge is 0.285 e. The van der Waals surface area contributed by atoms with Gasteiger partial charge in [0, 0.05) is 11.1 Å². The van der Waals surface area contributed by atoms with Crippen molar-refractivity contribution in [2.75, 3.05) is 0 Å². The van der Waals surface area contributed by atoms with E-state index < -0.39 is 11.8 Å². The second-order valence-corrected chi connectivity index (χ2v) is 6.78. The van der Waals surface area contributed by atoms with Gasteiger partial charge in [-0.3, -0.25) is 19.8 Å². The molecule has 1 fully saturated rings. The van der Waals surface area contributed by atoms with Crippen LogP contribution in [0.1, 0.15) is 26.3 Å². The third-order valence-electron chi connectivity index (χ3n) is 3.41. The zero-order valence-electron chi connectivity index (χ0n) is 12.8. The Labute approximate surface area is 153 Å². The summed E-state index contributed by atoms with van der Waals surface area (Å²) in [6.45, 7) is 0. The molecule has 25 heavy (non-hydrogen) atoms. The summed E-state index contributed by atoms with van der Waals surface area (Å²) in [5.74, 6) is -0.799. The van der Waals surface area contributed by atoms with Crippen LogP contribution in [0.25, 0.3) is 6.08 Å². The number of nitrogens with one attached hydrogen (secondary N) is 1. The Kier molecular flexibility index (Phi) is 5.06. The fourth-order valence-electron chi connectivity index (χ4n) is 2.14. The molecule has 1 aliphatic rings. The van der Waals surface area contributed by atoms with Crippen molar-refractivity contribution >= 4 is 52.5 Å². The van der Waals surface area contributed by atoms with E-state index in [0.29, 0.717) is 16.0 Å². The number of aldehydes is 1. The molecule has 2 aromatic rings. The van der Waals surface area contributed by atoms with Gasteiger partial charge in [0.2, 0.25) is 0 Å². The molecule has 0 bridgehead atoms. The first kappa shape index (κ1) is 17.1. The lowest BCUT2D eigenvalue weighted by Crippen LogP contribution is -2.44. The molecule has 5 nitrogen and oxygen atoms in total. The number of carbonyl (C=O) groups excluding carboxylic acids is 3. The summed E-state index contributed by atoms with van der Waals surface area (Å²) in [7, 11) is 0. The van der Waals surface area contributed by atoms with E-state index in [1.165, 1.54) is 0 Å². The molecule has 124 valence electrons. The van der Waals surface area contributed by atoms with Crippen LogP contribution in [-0.2, 0) is 4.79 Å². The van der Waals surface area contributed by atoms with Crippen LogP contribution in [0.3, 0.4) is 0 Å². The lowest BCUT2D eigenvalue weighted by atomic mass is 10.1. The number of carbonyl (C=O) groups is 3. The number of thioether (sulfide) groups is 1. The first-order valence-corrected chi connectivity index (χ1v) is 8.50. The maximum atomic E-state index is 12.5. The Balaban J connectivity index is 1.76. The minimum absolute atomic E-state index is 0.255. The van der Waals surface area contributed by atoms with Crippen LogP contribution < -0.4 is 5.43 Å². The highest BCUT2D eigenvalue weighted by atomic mass is 32.2. The van der Waals surface area contributed by atoms with Crippen LogP contribution in [0.5, 0.6) is 0 Å². The highest BCUT2D eigenvalue weighted by molar-refractivity contribution is 8.26. The van der Waals surface area contributed by atoms with Gasteiger partial charge in [0.05, 0.1) is 4.91 Å². The third kappa shape index (κ3) is 3.84. The van der Waals surface area contributed by atoms with Crippen LogP contribution in [0.2, 0.25) is 0 Å². The van der Waals surface area contributed by atoms with Crippen LogP contribution >= 0.6 is 24.0 Å². The zero-order valence-corrected chi connectivity index (χ0v) is 14.5. The number of rotatable bonds is 4. The van der Waals surface area contributed by atoms with Gasteiger partial charge in [0.25, 0.3) is 11.8 Å². The lowest BCUT2D eigenvalue weighted by Gasteiger charge is -2.15. The van der Waals surface area contributed by atoms with Gasteiger partial charge in [0.15, 0.2) is 4.32 Å². The number of nitrogens with zero attached hydrogens (tertiary/aromatic N) is 1. The molecule has 0 unspecified atom stereocenters. The normalized spacial score (nSPS) is 15.5. The topological polar surface area (TPSA) is 66.5 Å². The van der Waals surface area contributed by atoms with Gasteiger partial charge in [-0.1, -0.05) is 54.2 Å². The van der Waals surface area contributed by atoms with Crippen molar-refractivity contribution in [1.82, 2.24) is 10.4 Å². The van der Waals surface area contributed by atoms with Crippen molar-refractivity contribution in [3.05, 3.63) is 76.2 Å². The average molecular weight is 368 g/mol. The molecule has 2 amide bonds. The molecule has 1 saturated heterocycles.